The van der Waals surface area contributed by atoms with Crippen LogP contribution in [-0.4, -0.2) is 10.2 Å². The first kappa shape index (κ1) is 11.8. The summed E-state index contributed by atoms with van der Waals surface area (Å²) in [6.45, 7) is 9.61. The number of aryl methyl sites for hydroxylation is 1. The molecule has 0 aliphatic carbocycles. The predicted molar refractivity (Wildman–Crippen MR) is 55.3 cm³/mol. The monoisotopic (exact) mass is 182 g/mol. The van der Waals surface area contributed by atoms with Crippen molar-refractivity contribution in [1.82, 2.24) is 0 Å². The van der Waals surface area contributed by atoms with Gasteiger partial charge in [-0.1, -0.05) is 13.8 Å². The third kappa shape index (κ3) is 2.38. The molecule has 0 spiro atoms. The molecule has 0 aliphatic heterocycles. The van der Waals surface area contributed by atoms with Gasteiger partial charge in [0.25, 0.3) is 0 Å². The summed E-state index contributed by atoms with van der Waals surface area (Å²) >= 11 is 0. The van der Waals surface area contributed by atoms with Crippen LogP contribution in [0.3, 0.4) is 0 Å². The van der Waals surface area contributed by atoms with Crippen molar-refractivity contribution in [3.63, 3.8) is 0 Å². The van der Waals surface area contributed by atoms with Crippen molar-refractivity contribution in [3.05, 3.63) is 22.8 Å². The average molecular weight is 182 g/mol. The molecule has 2 nitrogen and oxygen atoms in total. The Hall–Kier alpha value is -1.18. The minimum absolute atomic E-state index is 0.00639. The lowest BCUT2D eigenvalue weighted by Crippen LogP contribution is -1.86. The highest BCUT2D eigenvalue weighted by molar-refractivity contribution is 5.51. The summed E-state index contributed by atoms with van der Waals surface area (Å²) < 4.78 is 0. The van der Waals surface area contributed by atoms with Crippen molar-refractivity contribution in [2.45, 2.75) is 34.6 Å². The van der Waals surface area contributed by atoms with Crippen LogP contribution >= 0.6 is 0 Å². The maximum absolute atomic E-state index is 9.26. The molecule has 0 bridgehead atoms. The molecule has 13 heavy (non-hydrogen) atoms. The second kappa shape index (κ2) is 4.75. The van der Waals surface area contributed by atoms with E-state index in [9.17, 15) is 5.11 Å². The molecule has 0 fully saturated rings. The van der Waals surface area contributed by atoms with Gasteiger partial charge < -0.3 is 10.2 Å². The molecular weight excluding hydrogens is 164 g/mol. The molecular formula is C11H18O2. The van der Waals surface area contributed by atoms with Crippen molar-refractivity contribution in [3.8, 4) is 11.5 Å². The standard InChI is InChI=1S/C9H12O2.C2H6/c1-5-4-8(10)9(11)7(3)6(5)2;1-2/h4,10-11H,1-3H3;1-2H3. The molecule has 1 aromatic carbocycles. The molecule has 2 heteroatoms. The van der Waals surface area contributed by atoms with Crippen LogP contribution in [0.4, 0.5) is 0 Å². The van der Waals surface area contributed by atoms with E-state index in [-0.39, 0.29) is 11.5 Å². The molecule has 0 atom stereocenters. The molecule has 0 saturated heterocycles. The molecule has 0 radical (unpaired) electrons. The number of phenolic OH excluding ortho intramolecular Hbond substituents is 2. The van der Waals surface area contributed by atoms with Gasteiger partial charge in [0.1, 0.15) is 0 Å². The summed E-state index contributed by atoms with van der Waals surface area (Å²) in [6, 6.07) is 1.57. The molecule has 0 amide bonds. The highest BCUT2D eigenvalue weighted by Gasteiger charge is 2.07. The van der Waals surface area contributed by atoms with Crippen molar-refractivity contribution in [1.29, 1.82) is 0 Å². The van der Waals surface area contributed by atoms with Crippen LogP contribution in [0, 0.1) is 20.8 Å². The summed E-state index contributed by atoms with van der Waals surface area (Å²) in [5.41, 5.74) is 2.78. The van der Waals surface area contributed by atoms with E-state index in [0.29, 0.717) is 0 Å². The highest BCUT2D eigenvalue weighted by Crippen LogP contribution is 2.32. The third-order valence-corrected chi connectivity index (χ3v) is 2.11. The lowest BCUT2D eigenvalue weighted by molar-refractivity contribution is 0.400. The van der Waals surface area contributed by atoms with Gasteiger partial charge in [0.15, 0.2) is 11.5 Å². The zero-order valence-corrected chi connectivity index (χ0v) is 8.97. The van der Waals surface area contributed by atoms with Crippen molar-refractivity contribution < 1.29 is 10.2 Å². The fraction of sp³-hybridized carbons (Fsp3) is 0.455. The van der Waals surface area contributed by atoms with Crippen LogP contribution in [0.2, 0.25) is 0 Å². The minimum atomic E-state index is -0.0365. The Kier molecular flexibility index (Phi) is 4.32. The van der Waals surface area contributed by atoms with Gasteiger partial charge in [0.2, 0.25) is 0 Å². The summed E-state index contributed by atoms with van der Waals surface area (Å²) in [6.07, 6.45) is 0. The van der Waals surface area contributed by atoms with Crippen LogP contribution in [0.5, 0.6) is 11.5 Å². The largest absolute Gasteiger partial charge is 0.504 e. The molecule has 0 saturated carbocycles. The van der Waals surface area contributed by atoms with Crippen LogP contribution in [-0.2, 0) is 0 Å². The van der Waals surface area contributed by atoms with E-state index in [4.69, 9.17) is 5.11 Å². The average Bonchev–Trinajstić information content (AvgIpc) is 2.15. The lowest BCUT2D eigenvalue weighted by Gasteiger charge is -2.07. The van der Waals surface area contributed by atoms with E-state index in [2.05, 4.69) is 0 Å². The predicted octanol–water partition coefficient (Wildman–Crippen LogP) is 3.05. The van der Waals surface area contributed by atoms with Crippen LogP contribution < -0.4 is 0 Å². The van der Waals surface area contributed by atoms with E-state index in [0.717, 1.165) is 16.7 Å². The zero-order valence-electron chi connectivity index (χ0n) is 8.97. The summed E-state index contributed by atoms with van der Waals surface area (Å²) in [5, 5.41) is 18.4. The normalized spacial score (nSPS) is 9.00. The Labute approximate surface area is 79.9 Å². The zero-order chi connectivity index (χ0) is 10.6. The second-order valence-electron chi connectivity index (χ2n) is 2.81. The Morgan fingerprint density at radius 3 is 1.85 bits per heavy atom. The summed E-state index contributed by atoms with van der Waals surface area (Å²) in [5.74, 6) is -0.0429. The molecule has 1 aromatic rings. The molecule has 74 valence electrons. The Balaban J connectivity index is 0.000000671. The minimum Gasteiger partial charge on any atom is -0.504 e. The van der Waals surface area contributed by atoms with Gasteiger partial charge >= 0.3 is 0 Å². The molecule has 0 aromatic heterocycles. The van der Waals surface area contributed by atoms with E-state index < -0.39 is 0 Å². The fourth-order valence-electron chi connectivity index (χ4n) is 1.05. The molecule has 2 N–H and O–H groups in total. The first-order chi connectivity index (χ1) is 6.04. The van der Waals surface area contributed by atoms with Gasteiger partial charge in [-0.3, -0.25) is 0 Å². The molecule has 0 unspecified atom stereocenters. The number of hydrogen-bond acceptors (Lipinski definition) is 2. The summed E-state index contributed by atoms with van der Waals surface area (Å²) in [4.78, 5) is 0. The maximum Gasteiger partial charge on any atom is 0.160 e. The Morgan fingerprint density at radius 1 is 0.923 bits per heavy atom. The molecule has 0 aliphatic rings. The topological polar surface area (TPSA) is 40.5 Å². The number of phenols is 2. The lowest BCUT2D eigenvalue weighted by atomic mass is 10.0. The van der Waals surface area contributed by atoms with Gasteiger partial charge in [0.05, 0.1) is 0 Å². The van der Waals surface area contributed by atoms with Crippen LogP contribution in [0.25, 0.3) is 0 Å². The first-order valence-electron chi connectivity index (χ1n) is 4.52. The Morgan fingerprint density at radius 2 is 1.38 bits per heavy atom. The second-order valence-corrected chi connectivity index (χ2v) is 2.81. The molecule has 1 rings (SSSR count). The van der Waals surface area contributed by atoms with E-state index >= 15 is 0 Å². The summed E-state index contributed by atoms with van der Waals surface area (Å²) in [7, 11) is 0. The fourth-order valence-corrected chi connectivity index (χ4v) is 1.05. The number of benzene rings is 1. The van der Waals surface area contributed by atoms with Crippen LogP contribution in [0.15, 0.2) is 6.07 Å². The van der Waals surface area contributed by atoms with Gasteiger partial charge in [-0.15, -0.1) is 0 Å². The van der Waals surface area contributed by atoms with Gasteiger partial charge in [-0.2, -0.15) is 0 Å². The van der Waals surface area contributed by atoms with Crippen LogP contribution in [0.1, 0.15) is 30.5 Å². The van der Waals surface area contributed by atoms with Crippen molar-refractivity contribution >= 4 is 0 Å². The van der Waals surface area contributed by atoms with Gasteiger partial charge in [-0.05, 0) is 43.5 Å². The highest BCUT2D eigenvalue weighted by atomic mass is 16.3. The number of hydrogen-bond donors (Lipinski definition) is 2. The first-order valence-corrected chi connectivity index (χ1v) is 4.52. The van der Waals surface area contributed by atoms with E-state index in [1.165, 1.54) is 0 Å². The smallest absolute Gasteiger partial charge is 0.160 e. The Bertz CT molecular complexity index is 264. The maximum atomic E-state index is 9.26. The van der Waals surface area contributed by atoms with Crippen molar-refractivity contribution in [2.75, 3.05) is 0 Å². The van der Waals surface area contributed by atoms with E-state index in [1.54, 1.807) is 13.0 Å². The quantitative estimate of drug-likeness (QED) is 0.605. The third-order valence-electron chi connectivity index (χ3n) is 2.11. The van der Waals surface area contributed by atoms with E-state index in [1.807, 2.05) is 27.7 Å². The van der Waals surface area contributed by atoms with Crippen molar-refractivity contribution in [2.24, 2.45) is 0 Å². The number of aromatic hydroxyl groups is 2. The SMILES string of the molecule is CC.Cc1cc(O)c(O)c(C)c1C. The van der Waals surface area contributed by atoms with Gasteiger partial charge in [0, 0.05) is 0 Å². The molecule has 0 heterocycles. The van der Waals surface area contributed by atoms with Gasteiger partial charge in [-0.25, -0.2) is 0 Å². The number of rotatable bonds is 0.